The number of aromatic amines is 1. The van der Waals surface area contributed by atoms with Gasteiger partial charge in [-0.2, -0.15) is 0 Å². The third-order valence-corrected chi connectivity index (χ3v) is 5.88. The Kier molecular flexibility index (Phi) is 2.22. The molecule has 0 aromatic carbocycles. The minimum Gasteiger partial charge on any atom is -0.478 e. The second-order valence-electron chi connectivity index (χ2n) is 7.21. The zero-order chi connectivity index (χ0) is 13.2. The second kappa shape index (κ2) is 3.65. The molecule has 4 fully saturated rings. The Morgan fingerprint density at radius 1 is 1.21 bits per heavy atom. The van der Waals surface area contributed by atoms with E-state index in [0.717, 1.165) is 29.0 Å². The third-order valence-electron chi connectivity index (χ3n) is 5.88. The van der Waals surface area contributed by atoms with Crippen LogP contribution in [0.2, 0.25) is 0 Å². The molecule has 0 atom stereocenters. The molecule has 19 heavy (non-hydrogen) atoms. The summed E-state index contributed by atoms with van der Waals surface area (Å²) in [5.41, 5.74) is 2.92. The lowest BCUT2D eigenvalue weighted by Gasteiger charge is -2.57. The van der Waals surface area contributed by atoms with Gasteiger partial charge in [-0.1, -0.05) is 0 Å². The Bertz CT molecular complexity index is 508. The van der Waals surface area contributed by atoms with Gasteiger partial charge in [0.2, 0.25) is 0 Å². The quantitative estimate of drug-likeness (QED) is 0.854. The van der Waals surface area contributed by atoms with Crippen molar-refractivity contribution in [1.29, 1.82) is 0 Å². The van der Waals surface area contributed by atoms with Crippen molar-refractivity contribution in [3.05, 3.63) is 23.0 Å². The maximum atomic E-state index is 11.5. The van der Waals surface area contributed by atoms with Crippen molar-refractivity contribution in [2.45, 2.75) is 50.9 Å². The topological polar surface area (TPSA) is 53.1 Å². The van der Waals surface area contributed by atoms with Gasteiger partial charge in [0, 0.05) is 11.9 Å². The molecule has 4 saturated carbocycles. The first-order valence-corrected chi connectivity index (χ1v) is 7.49. The van der Waals surface area contributed by atoms with Gasteiger partial charge in [0.05, 0.1) is 5.56 Å². The average molecular weight is 259 g/mol. The van der Waals surface area contributed by atoms with Gasteiger partial charge in [0.25, 0.3) is 0 Å². The zero-order valence-electron chi connectivity index (χ0n) is 11.4. The molecular weight excluding hydrogens is 238 g/mol. The number of carbonyl (C=O) groups is 1. The van der Waals surface area contributed by atoms with E-state index in [-0.39, 0.29) is 5.41 Å². The van der Waals surface area contributed by atoms with E-state index in [0.29, 0.717) is 5.56 Å². The lowest BCUT2D eigenvalue weighted by molar-refractivity contribution is -0.00600. The van der Waals surface area contributed by atoms with Crippen LogP contribution in [-0.2, 0) is 5.41 Å². The highest BCUT2D eigenvalue weighted by molar-refractivity contribution is 5.90. The van der Waals surface area contributed by atoms with Crippen molar-refractivity contribution in [2.24, 2.45) is 17.8 Å². The Labute approximate surface area is 113 Å². The van der Waals surface area contributed by atoms with Gasteiger partial charge in [-0.3, -0.25) is 0 Å². The van der Waals surface area contributed by atoms with Crippen molar-refractivity contribution >= 4 is 5.97 Å². The summed E-state index contributed by atoms with van der Waals surface area (Å²) in [6.07, 6.45) is 9.54. The van der Waals surface area contributed by atoms with Crippen LogP contribution in [0.5, 0.6) is 0 Å². The van der Waals surface area contributed by atoms with Gasteiger partial charge in [0.15, 0.2) is 0 Å². The van der Waals surface area contributed by atoms with E-state index in [1.807, 2.05) is 6.92 Å². The highest BCUT2D eigenvalue weighted by Crippen LogP contribution is 2.61. The van der Waals surface area contributed by atoms with Crippen molar-refractivity contribution < 1.29 is 9.90 Å². The van der Waals surface area contributed by atoms with E-state index in [9.17, 15) is 9.90 Å². The first kappa shape index (κ1) is 11.6. The summed E-state index contributed by atoms with van der Waals surface area (Å²) in [5, 5.41) is 9.46. The number of hydrogen-bond donors (Lipinski definition) is 2. The summed E-state index contributed by atoms with van der Waals surface area (Å²) in [6.45, 7) is 2.04. The van der Waals surface area contributed by atoms with Crippen LogP contribution >= 0.6 is 0 Å². The molecule has 4 aliphatic carbocycles. The normalized spacial score (nSPS) is 39.7. The number of H-pyrrole nitrogens is 1. The highest BCUT2D eigenvalue weighted by Gasteiger charge is 2.53. The predicted molar refractivity (Wildman–Crippen MR) is 72.3 cm³/mol. The Balaban J connectivity index is 1.84. The van der Waals surface area contributed by atoms with Gasteiger partial charge < -0.3 is 10.1 Å². The summed E-state index contributed by atoms with van der Waals surface area (Å²) >= 11 is 0. The van der Waals surface area contributed by atoms with Crippen molar-refractivity contribution in [3.63, 3.8) is 0 Å². The van der Waals surface area contributed by atoms with Crippen LogP contribution in [0.15, 0.2) is 6.20 Å². The molecule has 4 bridgehead atoms. The minimum absolute atomic E-state index is 0.173. The Morgan fingerprint density at radius 2 is 1.74 bits per heavy atom. The summed E-state index contributed by atoms with van der Waals surface area (Å²) in [5.74, 6) is 1.78. The molecule has 4 aliphatic rings. The van der Waals surface area contributed by atoms with Crippen LogP contribution in [0.1, 0.15) is 60.1 Å². The maximum absolute atomic E-state index is 11.5. The van der Waals surface area contributed by atoms with Crippen molar-refractivity contribution in [2.75, 3.05) is 0 Å². The molecule has 5 rings (SSSR count). The summed E-state index contributed by atoms with van der Waals surface area (Å²) in [4.78, 5) is 14.7. The largest absolute Gasteiger partial charge is 0.478 e. The number of aromatic carboxylic acids is 1. The van der Waals surface area contributed by atoms with E-state index in [4.69, 9.17) is 0 Å². The monoisotopic (exact) mass is 259 g/mol. The number of aryl methyl sites for hydroxylation is 1. The molecule has 1 aromatic rings. The molecule has 0 amide bonds. The fourth-order valence-electron chi connectivity index (χ4n) is 5.80. The van der Waals surface area contributed by atoms with Crippen LogP contribution in [-0.4, -0.2) is 16.1 Å². The SMILES string of the molecule is Cc1[nH]cc(C(=O)O)c1C12CC3CC(CC(C3)C1)C2. The van der Waals surface area contributed by atoms with E-state index in [1.165, 1.54) is 38.5 Å². The zero-order valence-corrected chi connectivity index (χ0v) is 11.4. The summed E-state index contributed by atoms with van der Waals surface area (Å²) in [7, 11) is 0. The van der Waals surface area contributed by atoms with Gasteiger partial charge in [-0.05, 0) is 74.2 Å². The number of nitrogens with one attached hydrogen (secondary N) is 1. The molecule has 1 heterocycles. The molecule has 0 aliphatic heterocycles. The number of carboxylic acid groups (broad SMARTS) is 1. The lowest BCUT2D eigenvalue weighted by atomic mass is 9.47. The molecule has 0 radical (unpaired) electrons. The van der Waals surface area contributed by atoms with Gasteiger partial charge in [-0.15, -0.1) is 0 Å². The van der Waals surface area contributed by atoms with E-state index in [1.54, 1.807) is 6.20 Å². The second-order valence-corrected chi connectivity index (χ2v) is 7.21. The van der Waals surface area contributed by atoms with Crippen LogP contribution in [0.3, 0.4) is 0 Å². The fraction of sp³-hybridized carbons (Fsp3) is 0.688. The molecule has 2 N–H and O–H groups in total. The van der Waals surface area contributed by atoms with Crippen LogP contribution in [0.25, 0.3) is 0 Å². The number of aromatic nitrogens is 1. The van der Waals surface area contributed by atoms with E-state index >= 15 is 0 Å². The van der Waals surface area contributed by atoms with Gasteiger partial charge in [0.1, 0.15) is 0 Å². The smallest absolute Gasteiger partial charge is 0.337 e. The van der Waals surface area contributed by atoms with Gasteiger partial charge in [-0.25, -0.2) is 4.79 Å². The van der Waals surface area contributed by atoms with Crippen LogP contribution < -0.4 is 0 Å². The summed E-state index contributed by atoms with van der Waals surface area (Å²) in [6, 6.07) is 0. The third kappa shape index (κ3) is 1.53. The first-order chi connectivity index (χ1) is 9.07. The molecule has 3 heteroatoms. The molecule has 102 valence electrons. The molecular formula is C16H21NO2. The molecule has 0 saturated heterocycles. The predicted octanol–water partition coefficient (Wildman–Crippen LogP) is 3.49. The first-order valence-electron chi connectivity index (χ1n) is 7.49. The van der Waals surface area contributed by atoms with Gasteiger partial charge >= 0.3 is 5.97 Å². The van der Waals surface area contributed by atoms with Crippen molar-refractivity contribution in [3.8, 4) is 0 Å². The van der Waals surface area contributed by atoms with Crippen LogP contribution in [0.4, 0.5) is 0 Å². The minimum atomic E-state index is -0.768. The lowest BCUT2D eigenvalue weighted by Crippen LogP contribution is -2.49. The fourth-order valence-corrected chi connectivity index (χ4v) is 5.80. The number of carboxylic acids is 1. The van der Waals surface area contributed by atoms with Crippen LogP contribution in [0, 0.1) is 24.7 Å². The average Bonchev–Trinajstić information content (AvgIpc) is 2.70. The standard InChI is InChI=1S/C16H21NO2/c1-9-14(13(8-17-9)15(18)19)16-5-10-2-11(6-16)4-12(3-10)7-16/h8,10-12,17H,2-7H2,1H3,(H,18,19). The Morgan fingerprint density at radius 3 is 2.21 bits per heavy atom. The molecule has 0 spiro atoms. The van der Waals surface area contributed by atoms with E-state index < -0.39 is 5.97 Å². The number of hydrogen-bond acceptors (Lipinski definition) is 1. The maximum Gasteiger partial charge on any atom is 0.337 e. The summed E-state index contributed by atoms with van der Waals surface area (Å²) < 4.78 is 0. The molecule has 3 nitrogen and oxygen atoms in total. The van der Waals surface area contributed by atoms with Crippen molar-refractivity contribution in [1.82, 2.24) is 4.98 Å². The number of rotatable bonds is 2. The Hall–Kier alpha value is -1.25. The van der Waals surface area contributed by atoms with E-state index in [2.05, 4.69) is 4.98 Å². The molecule has 0 unspecified atom stereocenters. The molecule has 1 aromatic heterocycles. The highest BCUT2D eigenvalue weighted by atomic mass is 16.4.